The quantitative estimate of drug-likeness (QED) is 0.886. The molecule has 2 heterocycles. The van der Waals surface area contributed by atoms with Gasteiger partial charge < -0.3 is 10.3 Å². The summed E-state index contributed by atoms with van der Waals surface area (Å²) in [6, 6.07) is 10.3. The average Bonchev–Trinajstić information content (AvgIpc) is 3.03. The molecule has 0 unspecified atom stereocenters. The maximum atomic E-state index is 11.2. The van der Waals surface area contributed by atoms with E-state index in [0.717, 1.165) is 38.3 Å². The number of rotatable bonds is 6. The number of nitrogens with zero attached hydrogens (tertiary/aromatic N) is 3. The fourth-order valence-corrected chi connectivity index (χ4v) is 3.32. The van der Waals surface area contributed by atoms with Crippen LogP contribution >= 0.6 is 0 Å². The molecule has 5 nitrogen and oxygen atoms in total. The van der Waals surface area contributed by atoms with Gasteiger partial charge in [0.25, 0.3) is 0 Å². The molecule has 1 fully saturated rings. The van der Waals surface area contributed by atoms with Gasteiger partial charge in [0, 0.05) is 31.4 Å². The topological polar surface area (TPSA) is 64.2 Å². The van der Waals surface area contributed by atoms with E-state index in [9.17, 15) is 4.79 Å². The molecular weight excluding hydrogens is 300 g/mol. The van der Waals surface area contributed by atoms with E-state index in [1.807, 2.05) is 16.8 Å². The predicted molar refractivity (Wildman–Crippen MR) is 95.3 cm³/mol. The van der Waals surface area contributed by atoms with Crippen molar-refractivity contribution >= 4 is 12.0 Å². The Kier molecular flexibility index (Phi) is 5.43. The van der Waals surface area contributed by atoms with Crippen LogP contribution < -0.4 is 5.73 Å². The first-order chi connectivity index (χ1) is 11.7. The highest BCUT2D eigenvalue weighted by atomic mass is 16.1. The Morgan fingerprint density at radius 3 is 2.96 bits per heavy atom. The number of nitrogens with two attached hydrogens (primary N) is 1. The molecule has 0 spiro atoms. The van der Waals surface area contributed by atoms with Gasteiger partial charge >= 0.3 is 0 Å². The van der Waals surface area contributed by atoms with Crippen molar-refractivity contribution in [2.24, 2.45) is 5.73 Å². The van der Waals surface area contributed by atoms with E-state index in [4.69, 9.17) is 5.73 Å². The number of hydrogen-bond donors (Lipinski definition) is 1. The minimum Gasteiger partial charge on any atom is -0.368 e. The van der Waals surface area contributed by atoms with Gasteiger partial charge in [0.05, 0.1) is 0 Å². The maximum absolute atomic E-state index is 11.2. The van der Waals surface area contributed by atoms with E-state index in [0.29, 0.717) is 5.92 Å². The number of benzene rings is 1. The molecule has 1 aromatic carbocycles. The number of likely N-dealkylation sites (tertiary alicyclic amines) is 1. The van der Waals surface area contributed by atoms with Crippen LogP contribution in [0.1, 0.15) is 30.1 Å². The number of aromatic nitrogens is 2. The first-order valence-corrected chi connectivity index (χ1v) is 8.45. The minimum atomic E-state index is -0.326. The summed E-state index contributed by atoms with van der Waals surface area (Å²) in [6.45, 7) is 3.21. The number of hydrogen-bond acceptors (Lipinski definition) is 3. The van der Waals surface area contributed by atoms with Crippen molar-refractivity contribution in [1.82, 2.24) is 14.5 Å². The summed E-state index contributed by atoms with van der Waals surface area (Å²) < 4.78 is 1.89. The second-order valence-corrected chi connectivity index (χ2v) is 6.29. The Hall–Kier alpha value is -2.40. The van der Waals surface area contributed by atoms with Crippen molar-refractivity contribution < 1.29 is 4.79 Å². The zero-order valence-corrected chi connectivity index (χ0v) is 13.8. The van der Waals surface area contributed by atoms with Crippen LogP contribution in [0.15, 0.2) is 48.8 Å². The monoisotopic (exact) mass is 324 g/mol. The molecule has 1 aromatic heterocycles. The molecule has 0 radical (unpaired) electrons. The molecule has 3 rings (SSSR count). The molecule has 1 amide bonds. The highest BCUT2D eigenvalue weighted by molar-refractivity contribution is 5.73. The average molecular weight is 324 g/mol. The first kappa shape index (κ1) is 16.5. The van der Waals surface area contributed by atoms with Crippen molar-refractivity contribution in [2.75, 3.05) is 19.6 Å². The van der Waals surface area contributed by atoms with E-state index in [-0.39, 0.29) is 12.5 Å². The van der Waals surface area contributed by atoms with E-state index >= 15 is 0 Å². The van der Waals surface area contributed by atoms with Gasteiger partial charge in [0.2, 0.25) is 5.91 Å². The van der Waals surface area contributed by atoms with Crippen LogP contribution in [-0.2, 0) is 11.3 Å². The molecule has 0 aliphatic carbocycles. The van der Waals surface area contributed by atoms with Gasteiger partial charge in [-0.3, -0.25) is 9.69 Å². The summed E-state index contributed by atoms with van der Waals surface area (Å²) in [5, 5.41) is 0. The number of carbonyl (C=O) groups excluding carboxylic acids is 1. The molecular formula is C19H24N4O. The number of piperidine rings is 1. The van der Waals surface area contributed by atoms with Crippen LogP contribution in [-0.4, -0.2) is 40.0 Å². The van der Waals surface area contributed by atoms with Crippen molar-refractivity contribution in [2.45, 2.75) is 25.3 Å². The zero-order valence-electron chi connectivity index (χ0n) is 13.8. The molecule has 0 saturated carbocycles. The van der Waals surface area contributed by atoms with Crippen LogP contribution in [0, 0.1) is 0 Å². The number of carbonyl (C=O) groups is 1. The summed E-state index contributed by atoms with van der Waals surface area (Å²) in [5.74, 6) is 1.01. The van der Waals surface area contributed by atoms with E-state index in [1.165, 1.54) is 5.56 Å². The van der Waals surface area contributed by atoms with Gasteiger partial charge in [-0.1, -0.05) is 42.5 Å². The third-order valence-corrected chi connectivity index (χ3v) is 4.42. The summed E-state index contributed by atoms with van der Waals surface area (Å²) in [5.41, 5.74) is 6.55. The largest absolute Gasteiger partial charge is 0.368 e. The van der Waals surface area contributed by atoms with E-state index in [1.54, 1.807) is 6.20 Å². The minimum absolute atomic E-state index is 0.208. The molecule has 0 bridgehead atoms. The van der Waals surface area contributed by atoms with Gasteiger partial charge in [-0.05, 0) is 24.9 Å². The molecule has 1 aliphatic rings. The van der Waals surface area contributed by atoms with Crippen molar-refractivity contribution in [1.29, 1.82) is 0 Å². The number of primary amides is 1. The molecule has 2 N–H and O–H groups in total. The second-order valence-electron chi connectivity index (χ2n) is 6.29. The second kappa shape index (κ2) is 7.93. The Balaban J connectivity index is 1.59. The number of imidazole rings is 1. The fraction of sp³-hybridized carbons (Fsp3) is 0.368. The highest BCUT2D eigenvalue weighted by Gasteiger charge is 2.24. The van der Waals surface area contributed by atoms with Gasteiger partial charge in [0.1, 0.15) is 12.4 Å². The Morgan fingerprint density at radius 2 is 2.17 bits per heavy atom. The van der Waals surface area contributed by atoms with Gasteiger partial charge in [-0.15, -0.1) is 0 Å². The lowest BCUT2D eigenvalue weighted by Crippen LogP contribution is -2.35. The third kappa shape index (κ3) is 4.32. The molecule has 126 valence electrons. The first-order valence-electron chi connectivity index (χ1n) is 8.45. The molecule has 2 aromatic rings. The van der Waals surface area contributed by atoms with Crippen molar-refractivity contribution in [3.63, 3.8) is 0 Å². The zero-order chi connectivity index (χ0) is 16.8. The van der Waals surface area contributed by atoms with Crippen LogP contribution in [0.25, 0.3) is 6.08 Å². The van der Waals surface area contributed by atoms with Gasteiger partial charge in [-0.25, -0.2) is 4.98 Å². The SMILES string of the molecule is NC(=O)Cn1ccnc1[C@H]1CCCN(C/C=C/c2ccccc2)C1. The Morgan fingerprint density at radius 1 is 1.33 bits per heavy atom. The van der Waals surface area contributed by atoms with Crippen LogP contribution in [0.4, 0.5) is 0 Å². The smallest absolute Gasteiger partial charge is 0.237 e. The standard InChI is InChI=1S/C19H24N4O/c20-18(24)15-23-13-10-21-19(23)17-9-5-12-22(14-17)11-4-8-16-6-2-1-3-7-16/h1-4,6-8,10,13,17H,5,9,11-12,14-15H2,(H2,20,24)/b8-4+/t17-/m0/s1. The number of amides is 1. The predicted octanol–water partition coefficient (Wildman–Crippen LogP) is 2.26. The molecule has 5 heteroatoms. The summed E-state index contributed by atoms with van der Waals surface area (Å²) in [7, 11) is 0. The molecule has 24 heavy (non-hydrogen) atoms. The van der Waals surface area contributed by atoms with E-state index in [2.05, 4.69) is 46.3 Å². The van der Waals surface area contributed by atoms with Gasteiger partial charge in [0.15, 0.2) is 0 Å². The van der Waals surface area contributed by atoms with Crippen LogP contribution in [0.5, 0.6) is 0 Å². The lowest BCUT2D eigenvalue weighted by atomic mass is 9.97. The fourth-order valence-electron chi connectivity index (χ4n) is 3.32. The van der Waals surface area contributed by atoms with Crippen LogP contribution in [0.3, 0.4) is 0 Å². The third-order valence-electron chi connectivity index (χ3n) is 4.42. The Labute approximate surface area is 142 Å². The summed E-state index contributed by atoms with van der Waals surface area (Å²) in [6.07, 6.45) is 10.2. The summed E-state index contributed by atoms with van der Waals surface area (Å²) in [4.78, 5) is 18.1. The molecule has 1 atom stereocenters. The lowest BCUT2D eigenvalue weighted by Gasteiger charge is -2.31. The normalized spacial score (nSPS) is 18.9. The van der Waals surface area contributed by atoms with E-state index < -0.39 is 0 Å². The lowest BCUT2D eigenvalue weighted by molar-refractivity contribution is -0.118. The molecule has 1 aliphatic heterocycles. The van der Waals surface area contributed by atoms with Gasteiger partial charge in [-0.2, -0.15) is 0 Å². The van der Waals surface area contributed by atoms with Crippen LogP contribution in [0.2, 0.25) is 0 Å². The molecule has 1 saturated heterocycles. The Bertz CT molecular complexity index is 692. The van der Waals surface area contributed by atoms with Crippen molar-refractivity contribution in [3.8, 4) is 0 Å². The summed E-state index contributed by atoms with van der Waals surface area (Å²) >= 11 is 0. The van der Waals surface area contributed by atoms with Crippen molar-refractivity contribution in [3.05, 3.63) is 60.2 Å². The maximum Gasteiger partial charge on any atom is 0.237 e. The highest BCUT2D eigenvalue weighted by Crippen LogP contribution is 2.25.